The Labute approximate surface area is 118 Å². The monoisotopic (exact) mass is 306 g/mol. The quantitative estimate of drug-likeness (QED) is 0.349. The molecule has 9 heteroatoms. The summed E-state index contributed by atoms with van der Waals surface area (Å²) in [5.41, 5.74) is 9.58. The number of thiocarbonyl (C=S) groups is 1. The molecule has 2 amide bonds. The summed E-state index contributed by atoms with van der Waals surface area (Å²) in [7, 11) is 0. The number of halogens is 2. The highest BCUT2D eigenvalue weighted by Gasteiger charge is 2.08. The van der Waals surface area contributed by atoms with E-state index in [-0.39, 0.29) is 5.11 Å². The number of rotatable bonds is 1. The van der Waals surface area contributed by atoms with Gasteiger partial charge in [-0.05, 0) is 30.4 Å². The summed E-state index contributed by atoms with van der Waals surface area (Å²) in [5.74, 6) is -2.13. The molecule has 5 N–H and O–H groups in total. The van der Waals surface area contributed by atoms with Gasteiger partial charge in [0.25, 0.3) is 0 Å². The molecule has 0 saturated heterocycles. The molecule has 18 heavy (non-hydrogen) atoms. The van der Waals surface area contributed by atoms with Crippen LogP contribution in [-0.2, 0) is 9.59 Å². The van der Waals surface area contributed by atoms with E-state index in [1.807, 2.05) is 5.43 Å². The van der Waals surface area contributed by atoms with Gasteiger partial charge >= 0.3 is 11.8 Å². The van der Waals surface area contributed by atoms with Crippen molar-refractivity contribution in [3.63, 3.8) is 0 Å². The number of carbonyl (C=O) groups is 2. The van der Waals surface area contributed by atoms with Crippen LogP contribution in [0.15, 0.2) is 18.2 Å². The lowest BCUT2D eigenvalue weighted by Crippen LogP contribution is -2.48. The smallest absolute Gasteiger partial charge is 0.327 e. The highest BCUT2D eigenvalue weighted by atomic mass is 35.5. The summed E-state index contributed by atoms with van der Waals surface area (Å²) >= 11 is 16.4. The third-order valence-electron chi connectivity index (χ3n) is 1.69. The number of anilines is 1. The summed E-state index contributed by atoms with van der Waals surface area (Å²) in [4.78, 5) is 21.3. The predicted octanol–water partition coefficient (Wildman–Crippen LogP) is 0.796. The molecule has 0 aliphatic rings. The van der Waals surface area contributed by atoms with Gasteiger partial charge in [-0.1, -0.05) is 23.2 Å². The van der Waals surface area contributed by atoms with E-state index < -0.39 is 11.8 Å². The van der Waals surface area contributed by atoms with Gasteiger partial charge in [-0.15, -0.1) is 0 Å². The van der Waals surface area contributed by atoms with Gasteiger partial charge in [-0.3, -0.25) is 20.4 Å². The van der Waals surface area contributed by atoms with Gasteiger partial charge in [-0.2, -0.15) is 0 Å². The van der Waals surface area contributed by atoms with E-state index in [1.54, 1.807) is 18.2 Å². The second-order valence-corrected chi connectivity index (χ2v) is 4.25. The van der Waals surface area contributed by atoms with Crippen molar-refractivity contribution >= 4 is 58.0 Å². The molecule has 0 radical (unpaired) electrons. The minimum absolute atomic E-state index is 0.0583. The van der Waals surface area contributed by atoms with Gasteiger partial charge in [0.05, 0.1) is 10.0 Å². The third-order valence-corrected chi connectivity index (χ3v) is 2.63. The number of hydrogen-bond acceptors (Lipinski definition) is 3. The number of amides is 2. The first-order valence-electron chi connectivity index (χ1n) is 4.52. The number of hydrogen-bond donors (Lipinski definition) is 4. The Bertz CT molecular complexity index is 509. The fourth-order valence-corrected chi connectivity index (χ4v) is 1.38. The van der Waals surface area contributed by atoms with E-state index in [2.05, 4.69) is 10.7 Å². The Morgan fingerprint density at radius 1 is 1.17 bits per heavy atom. The van der Waals surface area contributed by atoms with Crippen LogP contribution in [0.3, 0.4) is 0 Å². The zero-order valence-electron chi connectivity index (χ0n) is 8.79. The molecule has 1 aromatic carbocycles. The molecule has 0 fully saturated rings. The van der Waals surface area contributed by atoms with Crippen molar-refractivity contribution in [3.8, 4) is 0 Å². The van der Waals surface area contributed by atoms with E-state index in [1.165, 1.54) is 0 Å². The van der Waals surface area contributed by atoms with E-state index in [0.29, 0.717) is 15.7 Å². The Kier molecular flexibility index (Phi) is 5.14. The van der Waals surface area contributed by atoms with E-state index >= 15 is 0 Å². The molecular formula is C9H8Cl2N4O2S. The Hall–Kier alpha value is -1.57. The van der Waals surface area contributed by atoms with Crippen LogP contribution in [0.5, 0.6) is 0 Å². The molecule has 6 nitrogen and oxygen atoms in total. The zero-order chi connectivity index (χ0) is 13.7. The normalized spacial score (nSPS) is 9.44. The topological polar surface area (TPSA) is 96.2 Å². The highest BCUT2D eigenvalue weighted by molar-refractivity contribution is 7.80. The zero-order valence-corrected chi connectivity index (χ0v) is 11.1. The predicted molar refractivity (Wildman–Crippen MR) is 73.2 cm³/mol. The molecule has 0 spiro atoms. The van der Waals surface area contributed by atoms with Crippen molar-refractivity contribution in [2.24, 2.45) is 5.73 Å². The first kappa shape index (κ1) is 14.5. The maximum absolute atomic E-state index is 10.8. The Morgan fingerprint density at radius 3 is 2.39 bits per heavy atom. The summed E-state index contributed by atoms with van der Waals surface area (Å²) in [6.07, 6.45) is 0. The van der Waals surface area contributed by atoms with Crippen LogP contribution in [0.1, 0.15) is 0 Å². The molecule has 1 rings (SSSR count). The lowest BCUT2D eigenvalue weighted by molar-refractivity contribution is -0.137. The minimum Gasteiger partial charge on any atom is -0.361 e. The maximum atomic E-state index is 10.8. The van der Waals surface area contributed by atoms with E-state index in [0.717, 1.165) is 0 Å². The summed E-state index contributed by atoms with van der Waals surface area (Å²) in [6.45, 7) is 0. The Morgan fingerprint density at radius 2 is 1.83 bits per heavy atom. The van der Waals surface area contributed by atoms with Crippen LogP contribution < -0.4 is 21.9 Å². The summed E-state index contributed by atoms with van der Waals surface area (Å²) < 4.78 is 0. The van der Waals surface area contributed by atoms with Gasteiger partial charge in [0.1, 0.15) is 0 Å². The molecule has 0 saturated carbocycles. The largest absolute Gasteiger partial charge is 0.361 e. The van der Waals surface area contributed by atoms with Crippen LogP contribution in [0.4, 0.5) is 5.69 Å². The van der Waals surface area contributed by atoms with Crippen LogP contribution in [0.25, 0.3) is 0 Å². The number of primary amides is 1. The molecule has 96 valence electrons. The molecule has 0 aromatic heterocycles. The average molecular weight is 307 g/mol. The van der Waals surface area contributed by atoms with Gasteiger partial charge in [0.2, 0.25) is 0 Å². The molecular weight excluding hydrogens is 299 g/mol. The van der Waals surface area contributed by atoms with E-state index in [9.17, 15) is 9.59 Å². The second kappa shape index (κ2) is 6.39. The number of nitrogens with two attached hydrogens (primary N) is 1. The Balaban J connectivity index is 2.52. The molecule has 0 unspecified atom stereocenters. The first-order valence-corrected chi connectivity index (χ1v) is 5.68. The molecule has 0 aliphatic heterocycles. The average Bonchev–Trinajstić information content (AvgIpc) is 2.30. The molecule has 0 heterocycles. The van der Waals surface area contributed by atoms with Gasteiger partial charge < -0.3 is 11.1 Å². The second-order valence-electron chi connectivity index (χ2n) is 3.03. The van der Waals surface area contributed by atoms with Crippen LogP contribution in [0.2, 0.25) is 10.0 Å². The summed E-state index contributed by atoms with van der Waals surface area (Å²) in [6, 6.07) is 4.77. The standard InChI is InChI=1S/C9H8Cl2N4O2S/c10-5-2-1-4(3-6(5)11)13-9(18)15-14-8(17)7(12)16/h1-3H,(H2,12,16)(H,14,17)(H2,13,15,18). The minimum atomic E-state index is -1.13. The highest BCUT2D eigenvalue weighted by Crippen LogP contribution is 2.24. The molecule has 0 aliphatic carbocycles. The van der Waals surface area contributed by atoms with E-state index in [4.69, 9.17) is 41.2 Å². The van der Waals surface area contributed by atoms with Crippen LogP contribution in [-0.4, -0.2) is 16.9 Å². The lowest BCUT2D eigenvalue weighted by Gasteiger charge is -2.10. The first-order chi connectivity index (χ1) is 8.40. The number of nitrogens with one attached hydrogen (secondary N) is 3. The molecule has 0 bridgehead atoms. The van der Waals surface area contributed by atoms with Crippen molar-refractivity contribution in [1.82, 2.24) is 10.9 Å². The molecule has 1 aromatic rings. The fourth-order valence-electron chi connectivity index (χ4n) is 0.911. The SMILES string of the molecule is NC(=O)C(=O)NNC(=S)Nc1ccc(Cl)c(Cl)c1. The van der Waals surface area contributed by atoms with Crippen molar-refractivity contribution in [2.45, 2.75) is 0 Å². The van der Waals surface area contributed by atoms with Crippen LogP contribution in [0, 0.1) is 0 Å². The van der Waals surface area contributed by atoms with Gasteiger partial charge in [-0.25, -0.2) is 0 Å². The summed E-state index contributed by atoms with van der Waals surface area (Å²) in [5, 5.41) is 3.53. The van der Waals surface area contributed by atoms with Crippen molar-refractivity contribution in [3.05, 3.63) is 28.2 Å². The van der Waals surface area contributed by atoms with Crippen molar-refractivity contribution in [1.29, 1.82) is 0 Å². The van der Waals surface area contributed by atoms with Crippen LogP contribution >= 0.6 is 35.4 Å². The number of benzene rings is 1. The number of hydrazine groups is 1. The van der Waals surface area contributed by atoms with Gasteiger partial charge in [0.15, 0.2) is 5.11 Å². The van der Waals surface area contributed by atoms with Crippen molar-refractivity contribution < 1.29 is 9.59 Å². The maximum Gasteiger partial charge on any atom is 0.327 e. The molecule has 0 atom stereocenters. The fraction of sp³-hybridized carbons (Fsp3) is 0. The van der Waals surface area contributed by atoms with Gasteiger partial charge in [0, 0.05) is 5.69 Å². The third kappa shape index (κ3) is 4.36. The number of carbonyl (C=O) groups excluding carboxylic acids is 2. The van der Waals surface area contributed by atoms with Crippen molar-refractivity contribution in [2.75, 3.05) is 5.32 Å². The lowest BCUT2D eigenvalue weighted by atomic mass is 10.3.